The molecule has 1 rings (SSSR count). The van der Waals surface area contributed by atoms with Gasteiger partial charge in [0.25, 0.3) is 0 Å². The van der Waals surface area contributed by atoms with E-state index in [1.807, 2.05) is 12.1 Å². The van der Waals surface area contributed by atoms with Gasteiger partial charge in [-0.15, -0.1) is 0 Å². The van der Waals surface area contributed by atoms with E-state index in [2.05, 4.69) is 5.32 Å². The quantitative estimate of drug-likeness (QED) is 0.848. The van der Waals surface area contributed by atoms with E-state index in [0.717, 1.165) is 5.56 Å². The van der Waals surface area contributed by atoms with Crippen LogP contribution in [0.4, 0.5) is 4.79 Å². The fourth-order valence-corrected chi connectivity index (χ4v) is 1.82. The van der Waals surface area contributed by atoms with Crippen molar-refractivity contribution < 1.29 is 14.7 Å². The highest BCUT2D eigenvalue weighted by atomic mass is 35.5. The molecule has 1 aromatic rings. The second-order valence-electron chi connectivity index (χ2n) is 5.36. The largest absolute Gasteiger partial charge is 0.481 e. The number of carboxylic acids is 1. The van der Waals surface area contributed by atoms with Gasteiger partial charge < -0.3 is 15.3 Å². The lowest BCUT2D eigenvalue weighted by Crippen LogP contribution is -2.45. The van der Waals surface area contributed by atoms with Gasteiger partial charge in [0.05, 0.1) is 5.41 Å². The van der Waals surface area contributed by atoms with Gasteiger partial charge in [0, 0.05) is 25.2 Å². The maximum atomic E-state index is 12.0. The standard InChI is InChI=1S/C15H21ClN2O3/c1-4-15(2,13(19)20)10-17-14(21)18(3)9-11-5-7-12(16)8-6-11/h5-8H,4,9-10H2,1-3H3,(H,17,21)(H,19,20). The van der Waals surface area contributed by atoms with Crippen molar-refractivity contribution in [3.63, 3.8) is 0 Å². The third-order valence-corrected chi connectivity index (χ3v) is 3.86. The zero-order valence-corrected chi connectivity index (χ0v) is 13.3. The van der Waals surface area contributed by atoms with Crippen LogP contribution in [0.15, 0.2) is 24.3 Å². The molecule has 116 valence electrons. The number of benzene rings is 1. The van der Waals surface area contributed by atoms with Crippen LogP contribution in [0.5, 0.6) is 0 Å². The minimum Gasteiger partial charge on any atom is -0.481 e. The number of amides is 2. The number of carbonyl (C=O) groups excluding carboxylic acids is 1. The Hall–Kier alpha value is -1.75. The molecule has 0 heterocycles. The van der Waals surface area contributed by atoms with Crippen molar-refractivity contribution in [3.05, 3.63) is 34.9 Å². The molecule has 0 aliphatic heterocycles. The van der Waals surface area contributed by atoms with Crippen LogP contribution in [0.25, 0.3) is 0 Å². The highest BCUT2D eigenvalue weighted by Gasteiger charge is 2.31. The lowest BCUT2D eigenvalue weighted by atomic mass is 9.88. The molecule has 5 nitrogen and oxygen atoms in total. The van der Waals surface area contributed by atoms with E-state index < -0.39 is 11.4 Å². The number of halogens is 1. The fraction of sp³-hybridized carbons (Fsp3) is 0.467. The molecular formula is C15H21ClN2O3. The van der Waals surface area contributed by atoms with Crippen LogP contribution in [-0.2, 0) is 11.3 Å². The Balaban J connectivity index is 2.55. The molecule has 0 bridgehead atoms. The minimum absolute atomic E-state index is 0.0998. The van der Waals surface area contributed by atoms with Crippen LogP contribution in [0.3, 0.4) is 0 Å². The third kappa shape index (κ3) is 4.93. The van der Waals surface area contributed by atoms with Crippen LogP contribution in [0, 0.1) is 5.41 Å². The van der Waals surface area contributed by atoms with Crippen LogP contribution in [0.2, 0.25) is 5.02 Å². The van der Waals surface area contributed by atoms with Crippen molar-refractivity contribution in [2.24, 2.45) is 5.41 Å². The monoisotopic (exact) mass is 312 g/mol. The average Bonchev–Trinajstić information content (AvgIpc) is 2.46. The summed E-state index contributed by atoms with van der Waals surface area (Å²) in [6, 6.07) is 6.92. The Labute approximate surface area is 129 Å². The van der Waals surface area contributed by atoms with Crippen LogP contribution >= 0.6 is 11.6 Å². The number of carbonyl (C=O) groups is 2. The smallest absolute Gasteiger partial charge is 0.317 e. The maximum absolute atomic E-state index is 12.0. The average molecular weight is 313 g/mol. The lowest BCUT2D eigenvalue weighted by molar-refractivity contribution is -0.147. The van der Waals surface area contributed by atoms with Gasteiger partial charge >= 0.3 is 12.0 Å². The van der Waals surface area contributed by atoms with Gasteiger partial charge in [-0.1, -0.05) is 30.7 Å². The Bertz CT molecular complexity index is 504. The summed E-state index contributed by atoms with van der Waals surface area (Å²) in [4.78, 5) is 24.7. The van der Waals surface area contributed by atoms with Gasteiger partial charge in [0.15, 0.2) is 0 Å². The van der Waals surface area contributed by atoms with Crippen molar-refractivity contribution in [2.75, 3.05) is 13.6 Å². The summed E-state index contributed by atoms with van der Waals surface area (Å²) in [7, 11) is 1.66. The Kier molecular flexibility index (Phi) is 6.03. The Morgan fingerprint density at radius 2 is 1.90 bits per heavy atom. The Morgan fingerprint density at radius 3 is 2.38 bits per heavy atom. The molecule has 0 aromatic heterocycles. The zero-order chi connectivity index (χ0) is 16.0. The Morgan fingerprint density at radius 1 is 1.33 bits per heavy atom. The van der Waals surface area contributed by atoms with Crippen LogP contribution < -0.4 is 5.32 Å². The van der Waals surface area contributed by atoms with Crippen molar-refractivity contribution in [1.29, 1.82) is 0 Å². The van der Waals surface area contributed by atoms with E-state index in [1.165, 1.54) is 4.90 Å². The van der Waals surface area contributed by atoms with Crippen molar-refractivity contribution in [3.8, 4) is 0 Å². The predicted molar refractivity (Wildman–Crippen MR) is 82.4 cm³/mol. The van der Waals surface area contributed by atoms with E-state index in [4.69, 9.17) is 16.7 Å². The van der Waals surface area contributed by atoms with Gasteiger partial charge in [-0.25, -0.2) is 4.79 Å². The lowest BCUT2D eigenvalue weighted by Gasteiger charge is -2.25. The molecule has 1 aromatic carbocycles. The first-order chi connectivity index (χ1) is 9.78. The van der Waals surface area contributed by atoms with E-state index in [1.54, 1.807) is 33.0 Å². The third-order valence-electron chi connectivity index (χ3n) is 3.61. The van der Waals surface area contributed by atoms with E-state index >= 15 is 0 Å². The molecular weight excluding hydrogens is 292 g/mol. The fourth-order valence-electron chi connectivity index (χ4n) is 1.69. The van der Waals surface area contributed by atoms with Gasteiger partial charge in [0.1, 0.15) is 0 Å². The van der Waals surface area contributed by atoms with Crippen molar-refractivity contribution >= 4 is 23.6 Å². The zero-order valence-electron chi connectivity index (χ0n) is 12.5. The number of aliphatic carboxylic acids is 1. The summed E-state index contributed by atoms with van der Waals surface area (Å²) in [5.41, 5.74) is 0.00470. The topological polar surface area (TPSA) is 69.6 Å². The van der Waals surface area contributed by atoms with E-state index in [-0.39, 0.29) is 12.6 Å². The first-order valence-electron chi connectivity index (χ1n) is 6.75. The number of nitrogens with zero attached hydrogens (tertiary/aromatic N) is 1. The van der Waals surface area contributed by atoms with Gasteiger partial charge in [-0.2, -0.15) is 0 Å². The molecule has 6 heteroatoms. The molecule has 1 unspecified atom stereocenters. The molecule has 0 spiro atoms. The highest BCUT2D eigenvalue weighted by Crippen LogP contribution is 2.20. The second-order valence-corrected chi connectivity index (χ2v) is 5.80. The number of hydrogen-bond acceptors (Lipinski definition) is 2. The summed E-state index contributed by atoms with van der Waals surface area (Å²) >= 11 is 5.81. The molecule has 1 atom stereocenters. The summed E-state index contributed by atoms with van der Waals surface area (Å²) in [6.45, 7) is 3.94. The molecule has 0 saturated carbocycles. The molecule has 0 saturated heterocycles. The number of rotatable bonds is 6. The number of hydrogen-bond donors (Lipinski definition) is 2. The minimum atomic E-state index is -0.948. The predicted octanol–water partition coefficient (Wildman–Crippen LogP) is 2.98. The van der Waals surface area contributed by atoms with Crippen LogP contribution in [-0.4, -0.2) is 35.6 Å². The molecule has 0 radical (unpaired) electrons. The van der Waals surface area contributed by atoms with E-state index in [0.29, 0.717) is 18.0 Å². The second kappa shape index (κ2) is 7.31. The normalized spacial score (nSPS) is 13.3. The molecule has 0 aliphatic rings. The highest BCUT2D eigenvalue weighted by molar-refractivity contribution is 6.30. The number of nitrogens with one attached hydrogen (secondary N) is 1. The van der Waals surface area contributed by atoms with Gasteiger partial charge in [-0.05, 0) is 31.0 Å². The summed E-state index contributed by atoms with van der Waals surface area (Å²) in [6.07, 6.45) is 0.448. The van der Waals surface area contributed by atoms with Crippen LogP contribution in [0.1, 0.15) is 25.8 Å². The van der Waals surface area contributed by atoms with Crippen molar-refractivity contribution in [1.82, 2.24) is 10.2 Å². The molecule has 21 heavy (non-hydrogen) atoms. The molecule has 2 N–H and O–H groups in total. The van der Waals surface area contributed by atoms with E-state index in [9.17, 15) is 9.59 Å². The number of urea groups is 1. The summed E-state index contributed by atoms with van der Waals surface area (Å²) in [5.74, 6) is -0.911. The van der Waals surface area contributed by atoms with Crippen molar-refractivity contribution in [2.45, 2.75) is 26.8 Å². The van der Waals surface area contributed by atoms with Gasteiger partial charge in [0.2, 0.25) is 0 Å². The molecule has 0 aliphatic carbocycles. The first-order valence-corrected chi connectivity index (χ1v) is 7.13. The summed E-state index contributed by atoms with van der Waals surface area (Å²) in [5, 5.41) is 12.5. The molecule has 0 fully saturated rings. The summed E-state index contributed by atoms with van der Waals surface area (Å²) < 4.78 is 0. The maximum Gasteiger partial charge on any atom is 0.317 e. The molecule has 2 amide bonds. The SMILES string of the molecule is CCC(C)(CNC(=O)N(C)Cc1ccc(Cl)cc1)C(=O)O. The first kappa shape index (κ1) is 17.3. The van der Waals surface area contributed by atoms with Gasteiger partial charge in [-0.3, -0.25) is 4.79 Å². The number of carboxylic acid groups (broad SMARTS) is 1.